The lowest BCUT2D eigenvalue weighted by Gasteiger charge is -2.25. The number of nitro benzene ring substituents is 1. The first kappa shape index (κ1) is 25.9. The minimum absolute atomic E-state index is 0.0865. The Morgan fingerprint density at radius 3 is 2.67 bits per heavy atom. The highest BCUT2D eigenvalue weighted by molar-refractivity contribution is 7.07. The molecule has 5 rings (SSSR count). The number of thiazole rings is 1. The Hall–Kier alpha value is -4.77. The molecule has 11 heteroatoms. The van der Waals surface area contributed by atoms with Gasteiger partial charge in [0.2, 0.25) is 0 Å². The van der Waals surface area contributed by atoms with Crippen molar-refractivity contribution in [2.75, 3.05) is 13.7 Å². The normalized spacial score (nSPS) is 15.1. The summed E-state index contributed by atoms with van der Waals surface area (Å²) in [6.07, 6.45) is 1.56. The van der Waals surface area contributed by atoms with E-state index in [1.54, 1.807) is 74.5 Å². The minimum Gasteiger partial charge on any atom is -0.496 e. The zero-order chi connectivity index (χ0) is 27.7. The SMILES string of the molecule is CCOC(=O)C1=C(C)N=c2s/c(=C/c3ccc(-c4ccccc4[N+](=O)[O-])o3)c(=O)n2[C@@H]1c1ccccc1OC. The lowest BCUT2D eigenvalue weighted by Crippen LogP contribution is -2.40. The first-order chi connectivity index (χ1) is 18.8. The van der Waals surface area contributed by atoms with Crippen LogP contribution in [-0.4, -0.2) is 29.2 Å². The van der Waals surface area contributed by atoms with Crippen LogP contribution in [0.5, 0.6) is 5.75 Å². The molecule has 0 fully saturated rings. The fourth-order valence-corrected chi connectivity index (χ4v) is 5.55. The van der Waals surface area contributed by atoms with Gasteiger partial charge in [-0.25, -0.2) is 9.79 Å². The summed E-state index contributed by atoms with van der Waals surface area (Å²) in [5.41, 5.74) is 1.16. The third-order valence-electron chi connectivity index (χ3n) is 6.22. The van der Waals surface area contributed by atoms with E-state index in [-0.39, 0.29) is 23.4 Å². The van der Waals surface area contributed by atoms with E-state index in [1.165, 1.54) is 17.7 Å². The largest absolute Gasteiger partial charge is 0.496 e. The van der Waals surface area contributed by atoms with Crippen LogP contribution in [-0.2, 0) is 9.53 Å². The number of ether oxygens (including phenoxy) is 2. The van der Waals surface area contributed by atoms with Gasteiger partial charge in [0.15, 0.2) is 4.80 Å². The number of fused-ring (bicyclic) bond motifs is 1. The van der Waals surface area contributed by atoms with Crippen molar-refractivity contribution >= 4 is 29.1 Å². The average Bonchev–Trinajstić information content (AvgIpc) is 3.52. The molecule has 1 atom stereocenters. The molecule has 10 nitrogen and oxygen atoms in total. The number of nitrogens with zero attached hydrogens (tertiary/aromatic N) is 3. The predicted octanol–water partition coefficient (Wildman–Crippen LogP) is 3.98. The molecule has 0 unspecified atom stereocenters. The summed E-state index contributed by atoms with van der Waals surface area (Å²) in [5, 5.41) is 11.4. The molecule has 0 amide bonds. The van der Waals surface area contributed by atoms with Gasteiger partial charge in [0.1, 0.15) is 23.3 Å². The molecule has 39 heavy (non-hydrogen) atoms. The second kappa shape index (κ2) is 10.5. The summed E-state index contributed by atoms with van der Waals surface area (Å²) in [5.74, 6) is 0.579. The van der Waals surface area contributed by atoms with Gasteiger partial charge >= 0.3 is 5.97 Å². The van der Waals surface area contributed by atoms with E-state index in [0.717, 1.165) is 11.3 Å². The molecule has 2 aromatic carbocycles. The number of carbonyl (C=O) groups excluding carboxylic acids is 1. The van der Waals surface area contributed by atoms with E-state index in [9.17, 15) is 19.7 Å². The summed E-state index contributed by atoms with van der Waals surface area (Å²) in [6.45, 7) is 3.58. The monoisotopic (exact) mass is 545 g/mol. The molecule has 2 aromatic heterocycles. The Balaban J connectivity index is 1.66. The molecule has 1 aliphatic rings. The van der Waals surface area contributed by atoms with Crippen molar-refractivity contribution in [1.29, 1.82) is 0 Å². The van der Waals surface area contributed by atoms with E-state index in [2.05, 4.69) is 4.99 Å². The average molecular weight is 546 g/mol. The Labute approximate surface area is 225 Å². The van der Waals surface area contributed by atoms with Crippen LogP contribution in [0.1, 0.15) is 31.2 Å². The molecular weight excluding hydrogens is 522 g/mol. The van der Waals surface area contributed by atoms with Crippen LogP contribution in [0.3, 0.4) is 0 Å². The van der Waals surface area contributed by atoms with Crippen LogP contribution >= 0.6 is 11.3 Å². The van der Waals surface area contributed by atoms with Crippen molar-refractivity contribution in [3.05, 3.63) is 113 Å². The molecule has 198 valence electrons. The molecule has 0 saturated carbocycles. The third kappa shape index (κ3) is 4.68. The summed E-state index contributed by atoms with van der Waals surface area (Å²) < 4.78 is 18.5. The van der Waals surface area contributed by atoms with Crippen molar-refractivity contribution in [3.8, 4) is 17.1 Å². The van der Waals surface area contributed by atoms with Gasteiger partial charge in [-0.1, -0.05) is 41.7 Å². The van der Waals surface area contributed by atoms with E-state index in [1.807, 2.05) is 0 Å². The number of esters is 1. The van der Waals surface area contributed by atoms with Gasteiger partial charge in [-0.15, -0.1) is 0 Å². The van der Waals surface area contributed by atoms with Gasteiger partial charge in [0.25, 0.3) is 11.2 Å². The zero-order valence-corrected chi connectivity index (χ0v) is 22.1. The maximum Gasteiger partial charge on any atom is 0.338 e. The second-order valence-corrected chi connectivity index (χ2v) is 9.53. The van der Waals surface area contributed by atoms with Gasteiger partial charge in [-0.2, -0.15) is 0 Å². The molecule has 3 heterocycles. The molecule has 0 N–H and O–H groups in total. The van der Waals surface area contributed by atoms with Crippen molar-refractivity contribution < 1.29 is 23.6 Å². The predicted molar refractivity (Wildman–Crippen MR) is 144 cm³/mol. The fraction of sp³-hybridized carbons (Fsp3) is 0.179. The number of furan rings is 1. The maximum atomic E-state index is 13.8. The van der Waals surface area contributed by atoms with Crippen molar-refractivity contribution in [2.24, 2.45) is 4.99 Å². The quantitative estimate of drug-likeness (QED) is 0.195. The fourth-order valence-electron chi connectivity index (χ4n) is 4.52. The number of hydrogen-bond donors (Lipinski definition) is 0. The summed E-state index contributed by atoms with van der Waals surface area (Å²) in [6, 6.07) is 15.9. The Kier molecular flexibility index (Phi) is 6.99. The van der Waals surface area contributed by atoms with E-state index >= 15 is 0 Å². The number of para-hydroxylation sites is 2. The zero-order valence-electron chi connectivity index (χ0n) is 21.2. The number of methoxy groups -OCH3 is 1. The number of benzene rings is 2. The topological polar surface area (TPSA) is 126 Å². The standard InChI is InChI=1S/C28H23N3O7S/c1-4-37-27(33)24-16(2)29-28-30(25(24)19-10-6-8-12-21(19)36-3)26(32)23(39-28)15-17-13-14-22(38-17)18-9-5-7-11-20(18)31(34)35/h5-15,25H,4H2,1-3H3/b23-15+/t25-/m1/s1. The lowest BCUT2D eigenvalue weighted by molar-refractivity contribution is -0.384. The Bertz CT molecular complexity index is 1810. The molecule has 4 aromatic rings. The molecule has 0 bridgehead atoms. The molecule has 0 radical (unpaired) electrons. The van der Waals surface area contributed by atoms with E-state index in [0.29, 0.717) is 43.4 Å². The van der Waals surface area contributed by atoms with Crippen molar-refractivity contribution in [2.45, 2.75) is 19.9 Å². The number of hydrogen-bond acceptors (Lipinski definition) is 9. The lowest BCUT2D eigenvalue weighted by atomic mass is 9.95. The first-order valence-electron chi connectivity index (χ1n) is 12.0. The Morgan fingerprint density at radius 2 is 1.92 bits per heavy atom. The van der Waals surface area contributed by atoms with E-state index in [4.69, 9.17) is 13.9 Å². The molecule has 0 aliphatic carbocycles. The van der Waals surface area contributed by atoms with E-state index < -0.39 is 16.9 Å². The van der Waals surface area contributed by atoms with Gasteiger partial charge in [0, 0.05) is 17.7 Å². The van der Waals surface area contributed by atoms with Crippen LogP contribution in [0.2, 0.25) is 0 Å². The number of carbonyl (C=O) groups is 1. The number of nitro groups is 1. The highest BCUT2D eigenvalue weighted by Crippen LogP contribution is 2.36. The molecular formula is C28H23N3O7S. The number of rotatable bonds is 7. The van der Waals surface area contributed by atoms with Gasteiger partial charge < -0.3 is 13.9 Å². The summed E-state index contributed by atoms with van der Waals surface area (Å²) in [7, 11) is 1.52. The van der Waals surface area contributed by atoms with Crippen LogP contribution < -0.4 is 19.6 Å². The van der Waals surface area contributed by atoms with Crippen LogP contribution in [0.25, 0.3) is 17.4 Å². The summed E-state index contributed by atoms with van der Waals surface area (Å²) in [4.78, 5) is 42.8. The molecule has 0 saturated heterocycles. The highest BCUT2D eigenvalue weighted by atomic mass is 32.1. The first-order valence-corrected chi connectivity index (χ1v) is 12.8. The maximum absolute atomic E-state index is 13.8. The van der Waals surface area contributed by atoms with Gasteiger partial charge in [-0.3, -0.25) is 19.5 Å². The van der Waals surface area contributed by atoms with Crippen molar-refractivity contribution in [1.82, 2.24) is 4.57 Å². The Morgan fingerprint density at radius 1 is 1.18 bits per heavy atom. The smallest absolute Gasteiger partial charge is 0.338 e. The third-order valence-corrected chi connectivity index (χ3v) is 7.20. The number of allylic oxidation sites excluding steroid dienone is 1. The minimum atomic E-state index is -0.822. The molecule has 0 spiro atoms. The van der Waals surface area contributed by atoms with Crippen molar-refractivity contribution in [3.63, 3.8) is 0 Å². The van der Waals surface area contributed by atoms with Crippen LogP contribution in [0, 0.1) is 10.1 Å². The highest BCUT2D eigenvalue weighted by Gasteiger charge is 2.35. The van der Waals surface area contributed by atoms with Gasteiger partial charge in [0.05, 0.1) is 40.0 Å². The number of aromatic nitrogens is 1. The van der Waals surface area contributed by atoms with Crippen LogP contribution in [0.4, 0.5) is 5.69 Å². The summed E-state index contributed by atoms with van der Waals surface area (Å²) >= 11 is 1.15. The molecule has 1 aliphatic heterocycles. The second-order valence-electron chi connectivity index (χ2n) is 8.52. The van der Waals surface area contributed by atoms with Crippen LogP contribution in [0.15, 0.2) is 86.1 Å². The van der Waals surface area contributed by atoms with Gasteiger partial charge in [-0.05, 0) is 38.1 Å².